The fourth-order valence-corrected chi connectivity index (χ4v) is 3.50. The summed E-state index contributed by atoms with van der Waals surface area (Å²) in [6, 6.07) is 16.4. The molecule has 0 amide bonds. The summed E-state index contributed by atoms with van der Waals surface area (Å²) in [6.45, 7) is 3.12. The molecule has 2 heterocycles. The Labute approximate surface area is 142 Å². The summed E-state index contributed by atoms with van der Waals surface area (Å²) in [5, 5.41) is 0. The van der Waals surface area contributed by atoms with E-state index in [1.54, 1.807) is 0 Å². The average Bonchev–Trinajstić information content (AvgIpc) is 3.09. The monoisotopic (exact) mass is 329 g/mol. The summed E-state index contributed by atoms with van der Waals surface area (Å²) in [5.41, 5.74) is 4.68. The van der Waals surface area contributed by atoms with Crippen LogP contribution in [0.25, 0.3) is 0 Å². The highest BCUT2D eigenvalue weighted by Crippen LogP contribution is 2.34. The fraction of sp³-hybridized carbons (Fsp3) is 0.316. The number of hydrogen-bond acceptors (Lipinski definition) is 3. The van der Waals surface area contributed by atoms with Crippen LogP contribution in [0.1, 0.15) is 46.0 Å². The number of cyclic esters (lactones) is 1. The smallest absolute Gasteiger partial charge is 0.339 e. The zero-order valence-electron chi connectivity index (χ0n) is 12.9. The number of benzene rings is 2. The van der Waals surface area contributed by atoms with E-state index in [4.69, 9.17) is 4.74 Å². The third-order valence-electron chi connectivity index (χ3n) is 4.62. The lowest BCUT2D eigenvalue weighted by Gasteiger charge is -2.16. The van der Waals surface area contributed by atoms with Crippen LogP contribution in [-0.2, 0) is 17.8 Å². The second kappa shape index (κ2) is 6.73. The molecule has 4 heteroatoms. The van der Waals surface area contributed by atoms with Crippen LogP contribution in [0.15, 0.2) is 48.5 Å². The second-order valence-electron chi connectivity index (χ2n) is 6.10. The molecule has 0 fully saturated rings. The Hall–Kier alpha value is -1.84. The normalized spacial score (nSPS) is 19.0. The van der Waals surface area contributed by atoms with E-state index >= 15 is 0 Å². The van der Waals surface area contributed by atoms with E-state index in [0.29, 0.717) is 0 Å². The molecule has 0 radical (unpaired) electrons. The minimum atomic E-state index is -0.172. The van der Waals surface area contributed by atoms with Gasteiger partial charge in [0.2, 0.25) is 0 Å². The van der Waals surface area contributed by atoms with Crippen molar-refractivity contribution in [3.63, 3.8) is 0 Å². The first kappa shape index (κ1) is 16.0. The summed E-state index contributed by atoms with van der Waals surface area (Å²) >= 11 is 0. The van der Waals surface area contributed by atoms with E-state index in [0.717, 1.165) is 43.6 Å². The van der Waals surface area contributed by atoms with Crippen LogP contribution in [0.2, 0.25) is 0 Å². The van der Waals surface area contributed by atoms with Gasteiger partial charge in [-0.05, 0) is 36.6 Å². The highest BCUT2D eigenvalue weighted by atomic mass is 35.5. The third kappa shape index (κ3) is 3.12. The van der Waals surface area contributed by atoms with Crippen molar-refractivity contribution in [3.05, 3.63) is 70.8 Å². The van der Waals surface area contributed by atoms with E-state index in [-0.39, 0.29) is 24.5 Å². The summed E-state index contributed by atoms with van der Waals surface area (Å²) in [7, 11) is 0. The SMILES string of the molecule is Cl.O=C1OC(CCCN2Cc3ccccc3C2)c2ccccc21. The lowest BCUT2D eigenvalue weighted by Crippen LogP contribution is -2.18. The number of carbonyl (C=O) groups is 1. The van der Waals surface area contributed by atoms with E-state index in [9.17, 15) is 4.79 Å². The molecule has 2 aliphatic heterocycles. The lowest BCUT2D eigenvalue weighted by molar-refractivity contribution is 0.0358. The average molecular weight is 330 g/mol. The highest BCUT2D eigenvalue weighted by Gasteiger charge is 2.30. The molecule has 3 nitrogen and oxygen atoms in total. The molecule has 4 rings (SSSR count). The number of fused-ring (bicyclic) bond motifs is 2. The first-order chi connectivity index (χ1) is 10.8. The molecule has 0 aliphatic carbocycles. The molecular weight excluding hydrogens is 310 g/mol. The predicted molar refractivity (Wildman–Crippen MR) is 91.6 cm³/mol. The molecule has 0 aromatic heterocycles. The van der Waals surface area contributed by atoms with Crippen molar-refractivity contribution in [2.75, 3.05) is 6.54 Å². The first-order valence-electron chi connectivity index (χ1n) is 7.90. The molecule has 120 valence electrons. The van der Waals surface area contributed by atoms with Crippen molar-refractivity contribution in [3.8, 4) is 0 Å². The second-order valence-corrected chi connectivity index (χ2v) is 6.10. The molecule has 0 spiro atoms. The Bertz CT molecular complexity index is 691. The Morgan fingerprint density at radius 1 is 1.00 bits per heavy atom. The quantitative estimate of drug-likeness (QED) is 0.790. The Balaban J connectivity index is 0.00000156. The van der Waals surface area contributed by atoms with E-state index in [1.807, 2.05) is 24.3 Å². The Kier molecular flexibility index (Phi) is 4.69. The Morgan fingerprint density at radius 2 is 1.65 bits per heavy atom. The number of nitrogens with zero attached hydrogens (tertiary/aromatic N) is 1. The van der Waals surface area contributed by atoms with Crippen LogP contribution in [0.3, 0.4) is 0 Å². The minimum absolute atomic E-state index is 0. The minimum Gasteiger partial charge on any atom is -0.454 e. The lowest BCUT2D eigenvalue weighted by atomic mass is 10.0. The molecule has 1 unspecified atom stereocenters. The largest absolute Gasteiger partial charge is 0.454 e. The van der Waals surface area contributed by atoms with Gasteiger partial charge in [0, 0.05) is 18.7 Å². The summed E-state index contributed by atoms with van der Waals surface area (Å²) < 4.78 is 5.50. The maximum atomic E-state index is 11.8. The van der Waals surface area contributed by atoms with Crippen LogP contribution >= 0.6 is 12.4 Å². The standard InChI is InChI=1S/C19H19NO2.ClH/c21-19-17-9-4-3-8-16(17)18(22-19)10-5-11-20-12-14-6-1-2-7-15(14)13-20;/h1-4,6-9,18H,5,10-13H2;1H. The molecule has 0 saturated heterocycles. The van der Waals surface area contributed by atoms with Crippen molar-refractivity contribution in [1.29, 1.82) is 0 Å². The molecule has 0 N–H and O–H groups in total. The van der Waals surface area contributed by atoms with Gasteiger partial charge >= 0.3 is 5.97 Å². The van der Waals surface area contributed by atoms with Gasteiger partial charge in [-0.25, -0.2) is 4.79 Å². The van der Waals surface area contributed by atoms with Gasteiger partial charge in [-0.15, -0.1) is 12.4 Å². The van der Waals surface area contributed by atoms with Crippen LogP contribution in [0, 0.1) is 0 Å². The summed E-state index contributed by atoms with van der Waals surface area (Å²) in [5.74, 6) is -0.172. The molecule has 2 aromatic carbocycles. The van der Waals surface area contributed by atoms with Gasteiger partial charge < -0.3 is 4.74 Å². The van der Waals surface area contributed by atoms with E-state index in [1.165, 1.54) is 11.1 Å². The van der Waals surface area contributed by atoms with Crippen molar-refractivity contribution < 1.29 is 9.53 Å². The number of hydrogen-bond donors (Lipinski definition) is 0. The topological polar surface area (TPSA) is 29.5 Å². The van der Waals surface area contributed by atoms with Gasteiger partial charge in [0.15, 0.2) is 0 Å². The predicted octanol–water partition coefficient (Wildman–Crippen LogP) is 4.12. The van der Waals surface area contributed by atoms with Gasteiger partial charge in [0.25, 0.3) is 0 Å². The van der Waals surface area contributed by atoms with E-state index < -0.39 is 0 Å². The van der Waals surface area contributed by atoms with Crippen molar-refractivity contribution >= 4 is 18.4 Å². The summed E-state index contributed by atoms with van der Waals surface area (Å²) in [6.07, 6.45) is 1.88. The number of ether oxygens (including phenoxy) is 1. The molecule has 23 heavy (non-hydrogen) atoms. The van der Waals surface area contributed by atoms with Gasteiger partial charge in [-0.2, -0.15) is 0 Å². The van der Waals surface area contributed by atoms with Crippen molar-refractivity contribution in [1.82, 2.24) is 4.90 Å². The molecular formula is C19H20ClNO2. The van der Waals surface area contributed by atoms with Crippen molar-refractivity contribution in [2.24, 2.45) is 0 Å². The van der Waals surface area contributed by atoms with Crippen LogP contribution in [-0.4, -0.2) is 17.4 Å². The third-order valence-corrected chi connectivity index (χ3v) is 4.62. The number of esters is 1. The maximum Gasteiger partial charge on any atom is 0.339 e. The van der Waals surface area contributed by atoms with Gasteiger partial charge in [0.05, 0.1) is 5.56 Å². The zero-order chi connectivity index (χ0) is 14.9. The van der Waals surface area contributed by atoms with Crippen molar-refractivity contribution in [2.45, 2.75) is 32.0 Å². The van der Waals surface area contributed by atoms with Gasteiger partial charge in [-0.1, -0.05) is 42.5 Å². The number of halogens is 1. The zero-order valence-corrected chi connectivity index (χ0v) is 13.7. The van der Waals surface area contributed by atoms with E-state index in [2.05, 4.69) is 29.2 Å². The molecule has 2 aliphatic rings. The highest BCUT2D eigenvalue weighted by molar-refractivity contribution is 5.93. The number of carbonyl (C=O) groups excluding carboxylic acids is 1. The van der Waals surface area contributed by atoms with Gasteiger partial charge in [-0.3, -0.25) is 4.90 Å². The Morgan fingerprint density at radius 3 is 2.39 bits per heavy atom. The van der Waals surface area contributed by atoms with Crippen LogP contribution in [0.5, 0.6) is 0 Å². The van der Waals surface area contributed by atoms with Gasteiger partial charge in [0.1, 0.15) is 6.10 Å². The first-order valence-corrected chi connectivity index (χ1v) is 7.90. The maximum absolute atomic E-state index is 11.8. The summed E-state index contributed by atoms with van der Waals surface area (Å²) in [4.78, 5) is 14.3. The van der Waals surface area contributed by atoms with Crippen LogP contribution < -0.4 is 0 Å². The molecule has 0 saturated carbocycles. The van der Waals surface area contributed by atoms with Crippen LogP contribution in [0.4, 0.5) is 0 Å². The molecule has 2 aromatic rings. The fourth-order valence-electron chi connectivity index (χ4n) is 3.50. The number of rotatable bonds is 4. The molecule has 0 bridgehead atoms. The molecule has 1 atom stereocenters.